The molecule has 0 aromatic heterocycles. The summed E-state index contributed by atoms with van der Waals surface area (Å²) in [6.07, 6.45) is 11.7. The first-order valence-electron chi connectivity index (χ1n) is 8.18. The van der Waals surface area contributed by atoms with E-state index in [1.54, 1.807) is 0 Å². The molecule has 0 bridgehead atoms. The van der Waals surface area contributed by atoms with Crippen LogP contribution in [0.25, 0.3) is 0 Å². The lowest BCUT2D eigenvalue weighted by atomic mass is 9.75. The Morgan fingerprint density at radius 1 is 1.00 bits per heavy atom. The summed E-state index contributed by atoms with van der Waals surface area (Å²) in [6, 6.07) is 0.846. The Balaban J connectivity index is 1.52. The fourth-order valence-electron chi connectivity index (χ4n) is 3.82. The maximum atomic E-state index is 6.18. The third kappa shape index (κ3) is 3.27. The van der Waals surface area contributed by atoms with E-state index in [-0.39, 0.29) is 0 Å². The molecule has 104 valence electrons. The van der Waals surface area contributed by atoms with Gasteiger partial charge in [0, 0.05) is 19.2 Å². The van der Waals surface area contributed by atoms with Crippen LogP contribution in [0.15, 0.2) is 0 Å². The summed E-state index contributed by atoms with van der Waals surface area (Å²) in [4.78, 5) is 0. The van der Waals surface area contributed by atoms with Crippen molar-refractivity contribution in [2.24, 2.45) is 17.8 Å². The van der Waals surface area contributed by atoms with Crippen molar-refractivity contribution in [3.8, 4) is 0 Å². The van der Waals surface area contributed by atoms with E-state index >= 15 is 0 Å². The standard InChI is InChI=1S/C16H29NO/c1-12-4-6-13(7-5-12)16-14(3-2-10-18-16)11-17-15-8-9-15/h12-17H,2-11H2,1H3. The van der Waals surface area contributed by atoms with Crippen molar-refractivity contribution >= 4 is 0 Å². The quantitative estimate of drug-likeness (QED) is 0.827. The van der Waals surface area contributed by atoms with E-state index in [4.69, 9.17) is 4.74 Å². The zero-order chi connectivity index (χ0) is 12.4. The lowest BCUT2D eigenvalue weighted by molar-refractivity contribution is -0.0703. The molecule has 0 aromatic rings. The Hall–Kier alpha value is -0.0800. The molecule has 1 aliphatic heterocycles. The molecule has 3 aliphatic rings. The fourth-order valence-corrected chi connectivity index (χ4v) is 3.82. The van der Waals surface area contributed by atoms with Gasteiger partial charge in [0.25, 0.3) is 0 Å². The number of hydrogen-bond donors (Lipinski definition) is 1. The Morgan fingerprint density at radius 2 is 1.78 bits per heavy atom. The molecule has 2 saturated carbocycles. The van der Waals surface area contributed by atoms with Crippen LogP contribution in [-0.2, 0) is 4.74 Å². The summed E-state index contributed by atoms with van der Waals surface area (Å²) in [5, 5.41) is 3.72. The molecule has 2 atom stereocenters. The van der Waals surface area contributed by atoms with Crippen LogP contribution in [0.5, 0.6) is 0 Å². The summed E-state index contributed by atoms with van der Waals surface area (Å²) >= 11 is 0. The van der Waals surface area contributed by atoms with Crippen LogP contribution in [0.4, 0.5) is 0 Å². The van der Waals surface area contributed by atoms with Crippen LogP contribution in [-0.4, -0.2) is 25.3 Å². The highest BCUT2D eigenvalue weighted by Gasteiger charge is 2.35. The van der Waals surface area contributed by atoms with Crippen molar-refractivity contribution in [1.29, 1.82) is 0 Å². The largest absolute Gasteiger partial charge is 0.378 e. The van der Waals surface area contributed by atoms with Crippen LogP contribution >= 0.6 is 0 Å². The lowest BCUT2D eigenvalue weighted by Gasteiger charge is -2.40. The van der Waals surface area contributed by atoms with Gasteiger partial charge >= 0.3 is 0 Å². The van der Waals surface area contributed by atoms with Gasteiger partial charge < -0.3 is 10.1 Å². The molecule has 3 fully saturated rings. The predicted molar refractivity (Wildman–Crippen MR) is 74.6 cm³/mol. The van der Waals surface area contributed by atoms with Crippen molar-refractivity contribution in [3.63, 3.8) is 0 Å². The second-order valence-corrected chi connectivity index (χ2v) is 6.94. The summed E-state index contributed by atoms with van der Waals surface area (Å²) in [5.74, 6) is 2.60. The van der Waals surface area contributed by atoms with Gasteiger partial charge in [-0.3, -0.25) is 0 Å². The van der Waals surface area contributed by atoms with Crippen molar-refractivity contribution in [1.82, 2.24) is 5.32 Å². The first-order valence-corrected chi connectivity index (χ1v) is 8.18. The van der Waals surface area contributed by atoms with Crippen molar-refractivity contribution in [3.05, 3.63) is 0 Å². The predicted octanol–water partition coefficient (Wildman–Crippen LogP) is 3.36. The second kappa shape index (κ2) is 5.92. The molecule has 2 unspecified atom stereocenters. The Bertz CT molecular complexity index is 256. The number of rotatable bonds is 4. The van der Waals surface area contributed by atoms with E-state index in [2.05, 4.69) is 12.2 Å². The molecule has 2 nitrogen and oxygen atoms in total. The highest BCUT2D eigenvalue weighted by atomic mass is 16.5. The summed E-state index contributed by atoms with van der Waals surface area (Å²) in [5.41, 5.74) is 0. The molecule has 2 heteroatoms. The average Bonchev–Trinajstić information content (AvgIpc) is 3.22. The number of hydrogen-bond acceptors (Lipinski definition) is 2. The van der Waals surface area contributed by atoms with E-state index in [1.165, 1.54) is 57.9 Å². The van der Waals surface area contributed by atoms with Gasteiger partial charge in [-0.1, -0.05) is 19.8 Å². The van der Waals surface area contributed by atoms with Gasteiger partial charge in [0.2, 0.25) is 0 Å². The molecule has 1 N–H and O–H groups in total. The maximum absolute atomic E-state index is 6.18. The van der Waals surface area contributed by atoms with Crippen molar-refractivity contribution < 1.29 is 4.74 Å². The van der Waals surface area contributed by atoms with Gasteiger partial charge in [0.05, 0.1) is 6.10 Å². The van der Waals surface area contributed by atoms with Gasteiger partial charge in [0.15, 0.2) is 0 Å². The Kier molecular flexibility index (Phi) is 4.25. The van der Waals surface area contributed by atoms with Gasteiger partial charge in [-0.05, 0) is 56.3 Å². The van der Waals surface area contributed by atoms with Crippen LogP contribution < -0.4 is 5.32 Å². The topological polar surface area (TPSA) is 21.3 Å². The molecule has 1 saturated heterocycles. The zero-order valence-corrected chi connectivity index (χ0v) is 11.9. The lowest BCUT2D eigenvalue weighted by Crippen LogP contribution is -2.42. The van der Waals surface area contributed by atoms with E-state index < -0.39 is 0 Å². The molecule has 1 heterocycles. The van der Waals surface area contributed by atoms with Crippen LogP contribution in [0.3, 0.4) is 0 Å². The smallest absolute Gasteiger partial charge is 0.0643 e. The van der Waals surface area contributed by atoms with Gasteiger partial charge in [-0.15, -0.1) is 0 Å². The molecule has 0 amide bonds. The fraction of sp³-hybridized carbons (Fsp3) is 1.00. The SMILES string of the molecule is CC1CCC(C2OCCCC2CNC2CC2)CC1. The second-order valence-electron chi connectivity index (χ2n) is 6.94. The molecule has 0 spiro atoms. The zero-order valence-electron chi connectivity index (χ0n) is 11.9. The minimum absolute atomic E-state index is 0.567. The third-order valence-electron chi connectivity index (χ3n) is 5.27. The van der Waals surface area contributed by atoms with Crippen LogP contribution in [0.2, 0.25) is 0 Å². The highest BCUT2D eigenvalue weighted by molar-refractivity contribution is 4.88. The van der Waals surface area contributed by atoms with Crippen LogP contribution in [0.1, 0.15) is 58.3 Å². The molecule has 18 heavy (non-hydrogen) atoms. The van der Waals surface area contributed by atoms with E-state index in [9.17, 15) is 0 Å². The minimum Gasteiger partial charge on any atom is -0.378 e. The van der Waals surface area contributed by atoms with E-state index in [1.807, 2.05) is 0 Å². The number of ether oxygens (including phenoxy) is 1. The van der Waals surface area contributed by atoms with Crippen molar-refractivity contribution in [2.45, 2.75) is 70.4 Å². The molecular weight excluding hydrogens is 222 g/mol. The van der Waals surface area contributed by atoms with E-state index in [0.29, 0.717) is 6.10 Å². The molecule has 2 aliphatic carbocycles. The Morgan fingerprint density at radius 3 is 2.50 bits per heavy atom. The maximum Gasteiger partial charge on any atom is 0.0643 e. The summed E-state index contributed by atoms with van der Waals surface area (Å²) < 4.78 is 6.18. The van der Waals surface area contributed by atoms with Crippen LogP contribution in [0, 0.1) is 17.8 Å². The average molecular weight is 251 g/mol. The monoisotopic (exact) mass is 251 g/mol. The Labute approximate surface area is 112 Å². The molecule has 0 radical (unpaired) electrons. The van der Waals surface area contributed by atoms with E-state index in [0.717, 1.165) is 30.4 Å². The summed E-state index contributed by atoms with van der Waals surface area (Å²) in [7, 11) is 0. The normalized spacial score (nSPS) is 41.8. The molecule has 0 aromatic carbocycles. The molecule has 3 rings (SSSR count). The first kappa shape index (κ1) is 12.9. The van der Waals surface area contributed by atoms with Gasteiger partial charge in [0.1, 0.15) is 0 Å². The summed E-state index contributed by atoms with van der Waals surface area (Å²) in [6.45, 7) is 4.63. The van der Waals surface area contributed by atoms with Crippen molar-refractivity contribution in [2.75, 3.05) is 13.2 Å². The van der Waals surface area contributed by atoms with Gasteiger partial charge in [-0.2, -0.15) is 0 Å². The third-order valence-corrected chi connectivity index (χ3v) is 5.27. The number of nitrogens with one attached hydrogen (secondary N) is 1. The minimum atomic E-state index is 0.567. The molecular formula is C16H29NO. The van der Waals surface area contributed by atoms with Gasteiger partial charge in [-0.25, -0.2) is 0 Å². The highest BCUT2D eigenvalue weighted by Crippen LogP contribution is 2.37. The first-order chi connectivity index (χ1) is 8.83.